The summed E-state index contributed by atoms with van der Waals surface area (Å²) in [4.78, 5) is 24.2. The molecule has 1 N–H and O–H groups in total. The normalized spacial score (nSPS) is 10.0. The van der Waals surface area contributed by atoms with E-state index in [-0.39, 0.29) is 11.4 Å². The van der Waals surface area contributed by atoms with Gasteiger partial charge in [0.1, 0.15) is 5.69 Å². The molecule has 8 heteroatoms. The van der Waals surface area contributed by atoms with E-state index < -0.39 is 4.92 Å². The lowest BCUT2D eigenvalue weighted by Gasteiger charge is -1.90. The Kier molecular flexibility index (Phi) is 2.64. The summed E-state index contributed by atoms with van der Waals surface area (Å²) >= 11 is 1.16. The fourth-order valence-electron chi connectivity index (χ4n) is 1.13. The van der Waals surface area contributed by atoms with Gasteiger partial charge < -0.3 is 9.73 Å². The lowest BCUT2D eigenvalue weighted by molar-refractivity contribution is -0.384. The van der Waals surface area contributed by atoms with Gasteiger partial charge in [-0.05, 0) is 0 Å². The Hall–Kier alpha value is -2.22. The van der Waals surface area contributed by atoms with Crippen molar-refractivity contribution in [3.8, 4) is 11.5 Å². The van der Waals surface area contributed by atoms with E-state index in [1.54, 1.807) is 5.38 Å². The molecule has 2 heterocycles. The van der Waals surface area contributed by atoms with Crippen LogP contribution in [0, 0.1) is 10.1 Å². The van der Waals surface area contributed by atoms with Gasteiger partial charge in [0.15, 0.2) is 5.13 Å². The highest BCUT2D eigenvalue weighted by atomic mass is 32.1. The van der Waals surface area contributed by atoms with Gasteiger partial charge in [0, 0.05) is 5.38 Å². The summed E-state index contributed by atoms with van der Waals surface area (Å²) < 4.78 is 4.99. The molecule has 0 unspecified atom stereocenters. The first kappa shape index (κ1) is 10.3. The molecule has 0 aliphatic carbocycles. The van der Waals surface area contributed by atoms with Gasteiger partial charge in [-0.15, -0.1) is 11.3 Å². The Morgan fingerprint density at radius 1 is 1.62 bits per heavy atom. The molecule has 0 spiro atoms. The first-order chi connectivity index (χ1) is 7.72. The van der Waals surface area contributed by atoms with Crippen molar-refractivity contribution >= 4 is 28.6 Å². The summed E-state index contributed by atoms with van der Waals surface area (Å²) in [5.74, 6) is 0.0835. The Bertz CT molecular complexity index is 533. The maximum atomic E-state index is 10.6. The lowest BCUT2D eigenvalue weighted by Crippen LogP contribution is -1.92. The predicted octanol–water partition coefficient (Wildman–Crippen LogP) is 1.88. The molecule has 2 aromatic heterocycles. The molecule has 82 valence electrons. The maximum absolute atomic E-state index is 10.6. The smallest absolute Gasteiger partial charge is 0.316 e. The van der Waals surface area contributed by atoms with Crippen LogP contribution in [0.4, 0.5) is 10.8 Å². The Labute approximate surface area is 92.9 Å². The molecule has 0 atom stereocenters. The number of anilines is 1. The molecule has 2 rings (SSSR count). The number of thiazole rings is 1. The van der Waals surface area contributed by atoms with Gasteiger partial charge in [0.05, 0.1) is 17.3 Å². The molecular formula is C8H5N3O4S. The van der Waals surface area contributed by atoms with Crippen molar-refractivity contribution in [2.75, 3.05) is 5.32 Å². The van der Waals surface area contributed by atoms with Gasteiger partial charge in [0.25, 0.3) is 0 Å². The number of nitrogens with one attached hydrogen (secondary N) is 1. The Balaban J connectivity index is 2.38. The molecule has 7 nitrogen and oxygen atoms in total. The van der Waals surface area contributed by atoms with Crippen molar-refractivity contribution in [3.63, 3.8) is 0 Å². The number of hydrogen-bond donors (Lipinski definition) is 1. The van der Waals surface area contributed by atoms with E-state index in [0.717, 1.165) is 11.3 Å². The minimum Gasteiger partial charge on any atom is -0.455 e. The zero-order valence-electron chi connectivity index (χ0n) is 7.75. The first-order valence-corrected chi connectivity index (χ1v) is 4.98. The van der Waals surface area contributed by atoms with Crippen LogP contribution in [-0.2, 0) is 4.79 Å². The molecule has 2 aromatic rings. The number of furan rings is 1. The Morgan fingerprint density at radius 3 is 3.12 bits per heavy atom. The average molecular weight is 239 g/mol. The van der Waals surface area contributed by atoms with Crippen molar-refractivity contribution < 1.29 is 14.1 Å². The van der Waals surface area contributed by atoms with Crippen LogP contribution in [0.15, 0.2) is 22.1 Å². The van der Waals surface area contributed by atoms with Gasteiger partial charge in [0.2, 0.25) is 12.2 Å². The number of hydrogen-bond acceptors (Lipinski definition) is 6. The number of carbonyl (C=O) groups is 1. The highest BCUT2D eigenvalue weighted by Gasteiger charge is 2.21. The second-order valence-electron chi connectivity index (χ2n) is 2.69. The summed E-state index contributed by atoms with van der Waals surface area (Å²) in [6, 6.07) is 1.25. The molecule has 0 aromatic carbocycles. The van der Waals surface area contributed by atoms with Crippen LogP contribution in [-0.4, -0.2) is 16.3 Å². The minimum atomic E-state index is -0.551. The topological polar surface area (TPSA) is 98.3 Å². The summed E-state index contributed by atoms with van der Waals surface area (Å²) in [5.41, 5.74) is 0.175. The maximum Gasteiger partial charge on any atom is 0.316 e. The highest BCUT2D eigenvalue weighted by Crippen LogP contribution is 2.32. The highest BCUT2D eigenvalue weighted by molar-refractivity contribution is 7.14. The summed E-state index contributed by atoms with van der Waals surface area (Å²) in [7, 11) is 0. The number of aromatic nitrogens is 1. The molecule has 16 heavy (non-hydrogen) atoms. The average Bonchev–Trinajstić information content (AvgIpc) is 2.83. The van der Waals surface area contributed by atoms with E-state index in [0.29, 0.717) is 17.2 Å². The van der Waals surface area contributed by atoms with Crippen LogP contribution in [0.25, 0.3) is 11.5 Å². The van der Waals surface area contributed by atoms with Crippen molar-refractivity contribution in [1.29, 1.82) is 0 Å². The number of amides is 1. The fourth-order valence-corrected chi connectivity index (χ4v) is 1.78. The molecule has 1 amide bonds. The molecule has 0 fully saturated rings. The van der Waals surface area contributed by atoms with Gasteiger partial charge >= 0.3 is 5.69 Å². The number of rotatable bonds is 4. The molecule has 0 bridgehead atoms. The Morgan fingerprint density at radius 2 is 2.44 bits per heavy atom. The van der Waals surface area contributed by atoms with Gasteiger partial charge in [-0.2, -0.15) is 0 Å². The quantitative estimate of drug-likeness (QED) is 0.499. The third-order valence-corrected chi connectivity index (χ3v) is 2.53. The van der Waals surface area contributed by atoms with E-state index in [1.807, 2.05) is 0 Å². The van der Waals surface area contributed by atoms with Crippen LogP contribution < -0.4 is 5.32 Å². The summed E-state index contributed by atoms with van der Waals surface area (Å²) in [6.45, 7) is 0. The van der Waals surface area contributed by atoms with E-state index >= 15 is 0 Å². The second kappa shape index (κ2) is 4.11. The van der Waals surface area contributed by atoms with E-state index in [2.05, 4.69) is 10.3 Å². The molecule has 0 aliphatic rings. The van der Waals surface area contributed by atoms with Gasteiger partial charge in [-0.3, -0.25) is 14.9 Å². The van der Waals surface area contributed by atoms with E-state index in [1.165, 1.54) is 12.3 Å². The van der Waals surface area contributed by atoms with Crippen molar-refractivity contribution in [2.45, 2.75) is 0 Å². The van der Waals surface area contributed by atoms with Crippen molar-refractivity contribution in [2.24, 2.45) is 0 Å². The minimum absolute atomic E-state index is 0.0835. The third-order valence-electron chi connectivity index (χ3n) is 1.76. The molecular weight excluding hydrogens is 234 g/mol. The zero-order chi connectivity index (χ0) is 11.5. The van der Waals surface area contributed by atoms with Gasteiger partial charge in [-0.1, -0.05) is 0 Å². The van der Waals surface area contributed by atoms with E-state index in [9.17, 15) is 14.9 Å². The number of nitro groups is 1. The monoisotopic (exact) mass is 239 g/mol. The van der Waals surface area contributed by atoms with Crippen LogP contribution >= 0.6 is 11.3 Å². The third kappa shape index (κ3) is 1.77. The second-order valence-corrected chi connectivity index (χ2v) is 3.55. The summed E-state index contributed by atoms with van der Waals surface area (Å²) in [6.07, 6.45) is 1.71. The summed E-state index contributed by atoms with van der Waals surface area (Å²) in [5, 5.41) is 14.9. The fraction of sp³-hybridized carbons (Fsp3) is 0. The van der Waals surface area contributed by atoms with Gasteiger partial charge in [-0.25, -0.2) is 4.98 Å². The molecule has 0 radical (unpaired) electrons. The molecule has 0 saturated heterocycles. The van der Waals surface area contributed by atoms with Crippen LogP contribution in [0.5, 0.6) is 0 Å². The largest absolute Gasteiger partial charge is 0.455 e. The zero-order valence-corrected chi connectivity index (χ0v) is 8.56. The first-order valence-electron chi connectivity index (χ1n) is 4.10. The SMILES string of the molecule is O=CNc1nc(-c2occc2[N+](=O)[O-])cs1. The van der Waals surface area contributed by atoms with Crippen LogP contribution in [0.2, 0.25) is 0 Å². The van der Waals surface area contributed by atoms with Crippen LogP contribution in [0.3, 0.4) is 0 Å². The molecule has 0 aliphatic heterocycles. The standard InChI is InChI=1S/C8H5N3O4S/c12-4-9-8-10-5(3-16-8)7-6(11(13)14)1-2-15-7/h1-4H,(H,9,10,12). The van der Waals surface area contributed by atoms with Crippen molar-refractivity contribution in [3.05, 3.63) is 27.8 Å². The number of nitrogens with zero attached hydrogens (tertiary/aromatic N) is 2. The lowest BCUT2D eigenvalue weighted by atomic mass is 10.3. The predicted molar refractivity (Wildman–Crippen MR) is 56.2 cm³/mol. The van der Waals surface area contributed by atoms with Crippen LogP contribution in [0.1, 0.15) is 0 Å². The van der Waals surface area contributed by atoms with Crippen molar-refractivity contribution in [1.82, 2.24) is 4.98 Å². The van der Waals surface area contributed by atoms with E-state index in [4.69, 9.17) is 4.42 Å². The molecule has 0 saturated carbocycles. The number of carbonyl (C=O) groups excluding carboxylic acids is 1.